The van der Waals surface area contributed by atoms with Crippen LogP contribution in [0.3, 0.4) is 0 Å². The molecule has 0 aliphatic heterocycles. The van der Waals surface area contributed by atoms with E-state index >= 15 is 0 Å². The topological polar surface area (TPSA) is 103 Å². The smallest absolute Gasteiger partial charge is 0.349 e. The van der Waals surface area contributed by atoms with E-state index in [9.17, 15) is 14.4 Å². The number of methoxy groups -OCH3 is 1. The molecular formula is C15H12N4O4S. The summed E-state index contributed by atoms with van der Waals surface area (Å²) in [7, 11) is 1.26. The lowest BCUT2D eigenvalue weighted by molar-refractivity contribution is -0.116. The maximum absolute atomic E-state index is 12.3. The number of carbonyl (C=O) groups is 2. The molecule has 8 nitrogen and oxygen atoms in total. The summed E-state index contributed by atoms with van der Waals surface area (Å²) >= 11 is 0.991. The lowest BCUT2D eigenvalue weighted by Gasteiger charge is -2.06. The SMILES string of the molecule is COC(=O)c1cnc(NC(=O)Cn2cnc3ccccc3c2=O)s1. The van der Waals surface area contributed by atoms with Gasteiger partial charge in [0.05, 0.1) is 30.5 Å². The monoisotopic (exact) mass is 344 g/mol. The lowest BCUT2D eigenvalue weighted by Crippen LogP contribution is -2.27. The summed E-state index contributed by atoms with van der Waals surface area (Å²) < 4.78 is 5.79. The predicted octanol–water partition coefficient (Wildman–Crippen LogP) is 1.28. The molecule has 2 aromatic heterocycles. The van der Waals surface area contributed by atoms with Crippen molar-refractivity contribution in [2.24, 2.45) is 0 Å². The first kappa shape index (κ1) is 15.8. The molecule has 1 amide bonds. The predicted molar refractivity (Wildman–Crippen MR) is 88.1 cm³/mol. The Morgan fingerprint density at radius 2 is 2.08 bits per heavy atom. The first-order chi connectivity index (χ1) is 11.6. The number of hydrogen-bond donors (Lipinski definition) is 1. The third kappa shape index (κ3) is 3.15. The molecular weight excluding hydrogens is 332 g/mol. The summed E-state index contributed by atoms with van der Waals surface area (Å²) in [6, 6.07) is 6.90. The van der Waals surface area contributed by atoms with Gasteiger partial charge in [-0.05, 0) is 12.1 Å². The molecule has 3 aromatic rings. The molecule has 0 radical (unpaired) electrons. The zero-order valence-corrected chi connectivity index (χ0v) is 13.4. The molecule has 2 heterocycles. The minimum Gasteiger partial charge on any atom is -0.465 e. The number of carbonyl (C=O) groups excluding carboxylic acids is 2. The van der Waals surface area contributed by atoms with Gasteiger partial charge in [0, 0.05) is 0 Å². The van der Waals surface area contributed by atoms with Crippen molar-refractivity contribution in [3.8, 4) is 0 Å². The molecule has 0 aliphatic rings. The van der Waals surface area contributed by atoms with Crippen LogP contribution < -0.4 is 10.9 Å². The van der Waals surface area contributed by atoms with Crippen molar-refractivity contribution in [3.63, 3.8) is 0 Å². The Bertz CT molecular complexity index is 979. The van der Waals surface area contributed by atoms with Gasteiger partial charge in [-0.15, -0.1) is 0 Å². The molecule has 0 saturated heterocycles. The van der Waals surface area contributed by atoms with Crippen LogP contribution in [-0.2, 0) is 16.1 Å². The standard InChI is InChI=1S/C15H12N4O4S/c1-23-14(22)11-6-16-15(24-11)18-12(20)7-19-8-17-10-5-3-2-4-9(10)13(19)21/h2-6,8H,7H2,1H3,(H,16,18,20). The minimum atomic E-state index is -0.525. The zero-order valence-electron chi connectivity index (χ0n) is 12.6. The number of nitrogens with zero attached hydrogens (tertiary/aromatic N) is 3. The van der Waals surface area contributed by atoms with Gasteiger partial charge in [0.1, 0.15) is 11.4 Å². The summed E-state index contributed by atoms with van der Waals surface area (Å²) in [6.07, 6.45) is 2.64. The molecule has 0 atom stereocenters. The molecule has 24 heavy (non-hydrogen) atoms. The number of anilines is 1. The lowest BCUT2D eigenvalue weighted by atomic mass is 10.2. The largest absolute Gasteiger partial charge is 0.465 e. The fourth-order valence-electron chi connectivity index (χ4n) is 2.06. The Balaban J connectivity index is 1.75. The van der Waals surface area contributed by atoms with Crippen LogP contribution in [0.1, 0.15) is 9.67 Å². The number of fused-ring (bicyclic) bond motifs is 1. The van der Waals surface area contributed by atoms with Gasteiger partial charge in [-0.3, -0.25) is 14.2 Å². The molecule has 9 heteroatoms. The van der Waals surface area contributed by atoms with E-state index in [1.165, 1.54) is 24.2 Å². The van der Waals surface area contributed by atoms with E-state index in [2.05, 4.69) is 20.0 Å². The number of para-hydroxylation sites is 1. The van der Waals surface area contributed by atoms with Gasteiger partial charge >= 0.3 is 5.97 Å². The molecule has 1 N–H and O–H groups in total. The Morgan fingerprint density at radius 1 is 1.29 bits per heavy atom. The third-order valence-corrected chi connectivity index (χ3v) is 4.08. The highest BCUT2D eigenvalue weighted by atomic mass is 32.1. The number of amides is 1. The fraction of sp³-hybridized carbons (Fsp3) is 0.133. The summed E-state index contributed by atoms with van der Waals surface area (Å²) in [5.74, 6) is -0.970. The molecule has 122 valence electrons. The maximum atomic E-state index is 12.3. The van der Waals surface area contributed by atoms with Crippen LogP contribution >= 0.6 is 11.3 Å². The van der Waals surface area contributed by atoms with E-state index < -0.39 is 11.9 Å². The van der Waals surface area contributed by atoms with Crippen molar-refractivity contribution in [1.29, 1.82) is 0 Å². The number of ether oxygens (including phenoxy) is 1. The van der Waals surface area contributed by atoms with Gasteiger partial charge in [-0.1, -0.05) is 23.5 Å². The summed E-state index contributed by atoms with van der Waals surface area (Å²) in [5.41, 5.74) is 0.270. The van der Waals surface area contributed by atoms with Gasteiger partial charge in [0.15, 0.2) is 5.13 Å². The Labute approximate surface area is 139 Å². The van der Waals surface area contributed by atoms with Crippen molar-refractivity contribution in [1.82, 2.24) is 14.5 Å². The highest BCUT2D eigenvalue weighted by molar-refractivity contribution is 7.17. The van der Waals surface area contributed by atoms with Crippen LogP contribution in [0.25, 0.3) is 10.9 Å². The van der Waals surface area contributed by atoms with E-state index in [4.69, 9.17) is 0 Å². The van der Waals surface area contributed by atoms with Crippen LogP contribution in [-0.4, -0.2) is 33.5 Å². The average molecular weight is 344 g/mol. The zero-order chi connectivity index (χ0) is 17.1. The van der Waals surface area contributed by atoms with Crippen LogP contribution in [0.5, 0.6) is 0 Å². The summed E-state index contributed by atoms with van der Waals surface area (Å²) in [6.45, 7) is -0.205. The van der Waals surface area contributed by atoms with E-state index in [0.717, 1.165) is 11.3 Å². The van der Waals surface area contributed by atoms with E-state index in [1.807, 2.05) is 0 Å². The van der Waals surface area contributed by atoms with Crippen molar-refractivity contribution >= 4 is 39.2 Å². The number of hydrogen-bond acceptors (Lipinski definition) is 7. The number of thiazole rings is 1. The normalized spacial score (nSPS) is 10.5. The fourth-order valence-corrected chi connectivity index (χ4v) is 2.81. The second kappa shape index (κ2) is 6.59. The average Bonchev–Trinajstić information content (AvgIpc) is 3.05. The molecule has 1 aromatic carbocycles. The van der Waals surface area contributed by atoms with Gasteiger partial charge in [-0.2, -0.15) is 0 Å². The van der Waals surface area contributed by atoms with Crippen molar-refractivity contribution < 1.29 is 14.3 Å². The molecule has 0 aliphatic carbocycles. The Morgan fingerprint density at radius 3 is 2.88 bits per heavy atom. The highest BCUT2D eigenvalue weighted by Crippen LogP contribution is 2.18. The second-order valence-corrected chi connectivity index (χ2v) is 5.79. The highest BCUT2D eigenvalue weighted by Gasteiger charge is 2.13. The number of aromatic nitrogens is 3. The maximum Gasteiger partial charge on any atom is 0.349 e. The first-order valence-electron chi connectivity index (χ1n) is 6.86. The Kier molecular flexibility index (Phi) is 4.34. The minimum absolute atomic E-state index is 0.205. The number of rotatable bonds is 4. The van der Waals surface area contributed by atoms with Crippen molar-refractivity contribution in [2.75, 3.05) is 12.4 Å². The first-order valence-corrected chi connectivity index (χ1v) is 7.68. The van der Waals surface area contributed by atoms with Crippen molar-refractivity contribution in [3.05, 3.63) is 52.0 Å². The van der Waals surface area contributed by atoms with Gasteiger partial charge in [0.25, 0.3) is 5.56 Å². The van der Waals surface area contributed by atoms with Crippen LogP contribution in [0.4, 0.5) is 5.13 Å². The van der Waals surface area contributed by atoms with Crippen molar-refractivity contribution in [2.45, 2.75) is 6.54 Å². The van der Waals surface area contributed by atoms with Gasteiger partial charge < -0.3 is 10.1 Å². The second-order valence-electron chi connectivity index (χ2n) is 4.76. The molecule has 0 spiro atoms. The van der Waals surface area contributed by atoms with E-state index in [-0.39, 0.29) is 22.1 Å². The number of benzene rings is 1. The Hall–Kier alpha value is -3.07. The van der Waals surface area contributed by atoms with Gasteiger partial charge in [-0.25, -0.2) is 14.8 Å². The molecule has 0 saturated carbocycles. The third-order valence-electron chi connectivity index (χ3n) is 3.18. The summed E-state index contributed by atoms with van der Waals surface area (Å²) in [4.78, 5) is 44.1. The van der Waals surface area contributed by atoms with Gasteiger partial charge in [0.2, 0.25) is 5.91 Å². The molecule has 0 bridgehead atoms. The molecule has 3 rings (SSSR count). The van der Waals surface area contributed by atoms with Crippen LogP contribution in [0, 0.1) is 0 Å². The molecule has 0 unspecified atom stereocenters. The quantitative estimate of drug-likeness (QED) is 0.715. The van der Waals surface area contributed by atoms with E-state index in [0.29, 0.717) is 10.9 Å². The van der Waals surface area contributed by atoms with Crippen LogP contribution in [0.15, 0.2) is 41.6 Å². The van der Waals surface area contributed by atoms with Crippen LogP contribution in [0.2, 0.25) is 0 Å². The van der Waals surface area contributed by atoms with E-state index in [1.54, 1.807) is 24.3 Å². The number of esters is 1. The number of nitrogens with one attached hydrogen (secondary N) is 1. The summed E-state index contributed by atoms with van der Waals surface area (Å²) in [5, 5.41) is 3.23. The molecule has 0 fully saturated rings.